The summed E-state index contributed by atoms with van der Waals surface area (Å²) in [6.45, 7) is 2.47. The van der Waals surface area contributed by atoms with Gasteiger partial charge in [0.25, 0.3) is 0 Å². The highest BCUT2D eigenvalue weighted by Crippen LogP contribution is 2.22. The van der Waals surface area contributed by atoms with Gasteiger partial charge in [-0.15, -0.1) is 0 Å². The molecule has 2 rings (SSSR count). The van der Waals surface area contributed by atoms with Crippen molar-refractivity contribution in [3.05, 3.63) is 0 Å². The van der Waals surface area contributed by atoms with Crippen LogP contribution in [0.3, 0.4) is 0 Å². The molecule has 9 heavy (non-hydrogen) atoms. The predicted octanol–water partition coefficient (Wildman–Crippen LogP) is -1.03. The van der Waals surface area contributed by atoms with Crippen molar-refractivity contribution < 1.29 is 9.84 Å². The van der Waals surface area contributed by atoms with Crippen molar-refractivity contribution in [2.45, 2.75) is 12.2 Å². The highest BCUT2D eigenvalue weighted by Gasteiger charge is 2.38. The normalized spacial score (nSPS) is 49.7. The molecule has 3 atom stereocenters. The Hall–Kier alpha value is -0.120. The van der Waals surface area contributed by atoms with Gasteiger partial charge >= 0.3 is 0 Å². The van der Waals surface area contributed by atoms with Gasteiger partial charge in [0.1, 0.15) is 0 Å². The maximum Gasteiger partial charge on any atom is 0.0962 e. The number of ether oxygens (including phenoxy) is 1. The minimum Gasteiger partial charge on any atom is -0.390 e. The monoisotopic (exact) mass is 129 g/mol. The summed E-state index contributed by atoms with van der Waals surface area (Å²) in [6.07, 6.45) is -0.130. The van der Waals surface area contributed by atoms with E-state index in [1.807, 2.05) is 0 Å². The standard InChI is InChI=1S/C6H11NO2/c8-6-4-1-7-2-5(6)9-3-4/h4-8H,1-3H2/t4-,5-,6-/m0/s1. The largest absolute Gasteiger partial charge is 0.390 e. The molecule has 0 spiro atoms. The lowest BCUT2D eigenvalue weighted by atomic mass is 9.98. The summed E-state index contributed by atoms with van der Waals surface area (Å²) in [6, 6.07) is 0. The van der Waals surface area contributed by atoms with E-state index < -0.39 is 0 Å². The van der Waals surface area contributed by atoms with Crippen molar-refractivity contribution in [3.63, 3.8) is 0 Å². The van der Waals surface area contributed by atoms with Crippen molar-refractivity contribution >= 4 is 0 Å². The first-order valence-electron chi connectivity index (χ1n) is 3.38. The molecule has 0 aromatic heterocycles. The number of fused-ring (bicyclic) bond motifs is 2. The van der Waals surface area contributed by atoms with Crippen LogP contribution in [-0.2, 0) is 4.74 Å². The van der Waals surface area contributed by atoms with E-state index in [2.05, 4.69) is 5.32 Å². The summed E-state index contributed by atoms with van der Waals surface area (Å²) in [5, 5.41) is 12.5. The van der Waals surface area contributed by atoms with Gasteiger partial charge in [0.05, 0.1) is 18.8 Å². The Morgan fingerprint density at radius 1 is 1.44 bits per heavy atom. The lowest BCUT2D eigenvalue weighted by molar-refractivity contribution is 0.0298. The average molecular weight is 129 g/mol. The molecule has 2 N–H and O–H groups in total. The second-order valence-corrected chi connectivity index (χ2v) is 2.78. The Balaban J connectivity index is 2.10. The maximum atomic E-state index is 9.34. The quantitative estimate of drug-likeness (QED) is 0.439. The fourth-order valence-corrected chi connectivity index (χ4v) is 1.52. The van der Waals surface area contributed by atoms with Crippen LogP contribution >= 0.6 is 0 Å². The summed E-state index contributed by atoms with van der Waals surface area (Å²) in [5.41, 5.74) is 0. The van der Waals surface area contributed by atoms with Crippen molar-refractivity contribution in [3.8, 4) is 0 Å². The Morgan fingerprint density at radius 2 is 2.33 bits per heavy atom. The van der Waals surface area contributed by atoms with Crippen LogP contribution in [0.1, 0.15) is 0 Å². The number of hydrogen-bond acceptors (Lipinski definition) is 3. The van der Waals surface area contributed by atoms with Crippen molar-refractivity contribution in [2.24, 2.45) is 5.92 Å². The molecule has 0 radical (unpaired) electrons. The predicted molar refractivity (Wildman–Crippen MR) is 32.1 cm³/mol. The van der Waals surface area contributed by atoms with Gasteiger partial charge in [0, 0.05) is 19.0 Å². The van der Waals surface area contributed by atoms with Crippen molar-refractivity contribution in [1.29, 1.82) is 0 Å². The number of hydrogen-bond donors (Lipinski definition) is 2. The third kappa shape index (κ3) is 0.764. The van der Waals surface area contributed by atoms with Crippen LogP contribution in [0, 0.1) is 5.92 Å². The number of aliphatic hydroxyl groups is 1. The lowest BCUT2D eigenvalue weighted by Gasteiger charge is -2.23. The van der Waals surface area contributed by atoms with Crippen molar-refractivity contribution in [2.75, 3.05) is 19.7 Å². The first kappa shape index (κ1) is 5.65. The zero-order chi connectivity index (χ0) is 6.27. The third-order valence-electron chi connectivity index (χ3n) is 2.14. The molecule has 2 fully saturated rings. The summed E-state index contributed by atoms with van der Waals surface area (Å²) in [7, 11) is 0. The Morgan fingerprint density at radius 3 is 3.00 bits per heavy atom. The number of nitrogens with one attached hydrogen (secondary N) is 1. The van der Waals surface area contributed by atoms with E-state index in [9.17, 15) is 5.11 Å². The molecular formula is C6H11NO2. The topological polar surface area (TPSA) is 41.5 Å². The van der Waals surface area contributed by atoms with Crippen LogP contribution in [0.4, 0.5) is 0 Å². The van der Waals surface area contributed by atoms with Crippen LogP contribution in [0.5, 0.6) is 0 Å². The molecule has 0 aromatic carbocycles. The second kappa shape index (κ2) is 1.94. The van der Waals surface area contributed by atoms with Gasteiger partial charge in [-0.2, -0.15) is 0 Å². The zero-order valence-electron chi connectivity index (χ0n) is 5.21. The first-order chi connectivity index (χ1) is 4.38. The summed E-state index contributed by atoms with van der Waals surface area (Å²) < 4.78 is 5.28. The van der Waals surface area contributed by atoms with Gasteiger partial charge in [0.15, 0.2) is 0 Å². The molecule has 2 bridgehead atoms. The Bertz CT molecular complexity index is 102. The number of aliphatic hydroxyl groups excluding tert-OH is 1. The second-order valence-electron chi connectivity index (χ2n) is 2.78. The van der Waals surface area contributed by atoms with Gasteiger partial charge in [-0.3, -0.25) is 0 Å². The van der Waals surface area contributed by atoms with E-state index in [1.165, 1.54) is 0 Å². The van der Waals surface area contributed by atoms with Crippen molar-refractivity contribution in [1.82, 2.24) is 5.32 Å². The number of piperidine rings is 1. The van der Waals surface area contributed by atoms with Crippen LogP contribution in [0.15, 0.2) is 0 Å². The Labute approximate surface area is 54.0 Å². The van der Waals surface area contributed by atoms with E-state index in [1.54, 1.807) is 0 Å². The molecule has 2 saturated heterocycles. The molecule has 3 nitrogen and oxygen atoms in total. The molecule has 0 aliphatic carbocycles. The molecule has 2 heterocycles. The zero-order valence-corrected chi connectivity index (χ0v) is 5.21. The average Bonchev–Trinajstić information content (AvgIpc) is 2.19. The molecule has 0 amide bonds. The first-order valence-corrected chi connectivity index (χ1v) is 3.38. The number of rotatable bonds is 0. The van der Waals surface area contributed by atoms with Crippen LogP contribution in [0.2, 0.25) is 0 Å². The van der Waals surface area contributed by atoms with Gasteiger partial charge in [-0.25, -0.2) is 0 Å². The van der Waals surface area contributed by atoms with Crippen LogP contribution in [0.25, 0.3) is 0 Å². The summed E-state index contributed by atoms with van der Waals surface area (Å²) >= 11 is 0. The van der Waals surface area contributed by atoms with E-state index in [0.717, 1.165) is 19.7 Å². The smallest absolute Gasteiger partial charge is 0.0962 e. The molecule has 2 aliphatic rings. The van der Waals surface area contributed by atoms with Gasteiger partial charge < -0.3 is 15.2 Å². The fourth-order valence-electron chi connectivity index (χ4n) is 1.52. The molecule has 52 valence electrons. The van der Waals surface area contributed by atoms with Crippen LogP contribution < -0.4 is 5.32 Å². The summed E-state index contributed by atoms with van der Waals surface area (Å²) in [5.74, 6) is 0.351. The SMILES string of the molecule is O[C@H]1[C@H]2CNC[C@@H]1OC2. The molecule has 0 aromatic rings. The van der Waals surface area contributed by atoms with E-state index in [4.69, 9.17) is 4.74 Å². The fraction of sp³-hybridized carbons (Fsp3) is 1.00. The van der Waals surface area contributed by atoms with E-state index in [0.29, 0.717) is 5.92 Å². The molecule has 0 unspecified atom stereocenters. The third-order valence-corrected chi connectivity index (χ3v) is 2.14. The molecular weight excluding hydrogens is 118 g/mol. The summed E-state index contributed by atoms with van der Waals surface area (Å²) in [4.78, 5) is 0. The highest BCUT2D eigenvalue weighted by atomic mass is 16.5. The van der Waals surface area contributed by atoms with E-state index in [-0.39, 0.29) is 12.2 Å². The molecule has 0 saturated carbocycles. The molecule has 2 aliphatic heterocycles. The minimum absolute atomic E-state index is 0.0729. The highest BCUT2D eigenvalue weighted by molar-refractivity contribution is 4.90. The molecule has 3 heteroatoms. The maximum absolute atomic E-state index is 9.34. The lowest BCUT2D eigenvalue weighted by Crippen LogP contribution is -2.45. The van der Waals surface area contributed by atoms with E-state index >= 15 is 0 Å². The van der Waals surface area contributed by atoms with Gasteiger partial charge in [-0.05, 0) is 0 Å². The Kier molecular flexibility index (Phi) is 1.22. The van der Waals surface area contributed by atoms with Gasteiger partial charge in [-0.1, -0.05) is 0 Å². The minimum atomic E-state index is -0.203. The van der Waals surface area contributed by atoms with Crippen LogP contribution in [-0.4, -0.2) is 37.0 Å². The van der Waals surface area contributed by atoms with Gasteiger partial charge in [0.2, 0.25) is 0 Å².